The van der Waals surface area contributed by atoms with Gasteiger partial charge >= 0.3 is 6.09 Å². The normalized spacial score (nSPS) is 12.3. The largest absolute Gasteiger partial charge is 0.462 e. The number of carbonyl (C=O) groups is 1. The standard InChI is InChI=1S/C28H31N3O3.C2H2O.CH4S/c1-5-21(19(2)3)18-33-28(32)29-26-20(4)30-34-27(26)24-10-8-22(9-11-24)23-12-14-25(15-13-23)31-16-6-7-17-31;1-2-3;1-2/h5,8-15H,2,6-7,16-18H2,1,3-4H3,(H,29,32);1,3H;2H,1H3/b21-5-;;. The molecule has 2 N–H and O–H groups in total. The molecular weight excluding hydrogens is 510 g/mol. The van der Waals surface area contributed by atoms with E-state index in [2.05, 4.69) is 65.3 Å². The zero-order chi connectivity index (χ0) is 28.8. The van der Waals surface area contributed by atoms with Crippen LogP contribution >= 0.6 is 12.6 Å². The third-order valence-electron chi connectivity index (χ3n) is 6.16. The Balaban J connectivity index is 0.000000998. The minimum atomic E-state index is -0.567. The molecule has 7 nitrogen and oxygen atoms in total. The molecule has 2 aromatic carbocycles. The molecule has 206 valence electrons. The third-order valence-corrected chi connectivity index (χ3v) is 6.16. The Kier molecular flexibility index (Phi) is 12.8. The van der Waals surface area contributed by atoms with Gasteiger partial charge in [-0.1, -0.05) is 66.2 Å². The van der Waals surface area contributed by atoms with E-state index in [1.807, 2.05) is 44.2 Å². The molecule has 8 heteroatoms. The molecule has 1 aliphatic rings. The average Bonchev–Trinajstić information content (AvgIpc) is 3.61. The number of thiol groups is 1. The highest BCUT2D eigenvalue weighted by Gasteiger charge is 2.19. The molecule has 1 aliphatic heterocycles. The van der Waals surface area contributed by atoms with E-state index < -0.39 is 6.09 Å². The molecule has 39 heavy (non-hydrogen) atoms. The monoisotopic (exact) mass is 547 g/mol. The SMILES string of the molecule is C#CO.C=C(C)/C(=C\C)COC(=O)Nc1c(C)noc1-c1ccc(-c2ccc(N3CCCC3)cc2)cc1.CS. The number of aromatic nitrogens is 1. The van der Waals surface area contributed by atoms with E-state index in [0.717, 1.165) is 40.9 Å². The van der Waals surface area contributed by atoms with Gasteiger partial charge in [0, 0.05) is 24.3 Å². The van der Waals surface area contributed by atoms with E-state index in [9.17, 15) is 4.79 Å². The maximum atomic E-state index is 12.4. The predicted molar refractivity (Wildman–Crippen MR) is 163 cm³/mol. The fourth-order valence-corrected chi connectivity index (χ4v) is 4.10. The molecule has 0 saturated carbocycles. The second kappa shape index (κ2) is 16.0. The van der Waals surface area contributed by atoms with Gasteiger partial charge in [-0.25, -0.2) is 4.79 Å². The van der Waals surface area contributed by atoms with Gasteiger partial charge in [0.2, 0.25) is 0 Å². The van der Waals surface area contributed by atoms with Gasteiger partial charge in [0.05, 0.1) is 0 Å². The molecule has 1 fully saturated rings. The second-order valence-corrected chi connectivity index (χ2v) is 8.71. The van der Waals surface area contributed by atoms with Crippen LogP contribution in [0.15, 0.2) is 76.9 Å². The van der Waals surface area contributed by atoms with E-state index in [1.165, 1.54) is 24.6 Å². The molecule has 0 atom stereocenters. The van der Waals surface area contributed by atoms with Gasteiger partial charge in [-0.05, 0) is 68.7 Å². The van der Waals surface area contributed by atoms with Crippen LogP contribution in [0, 0.1) is 19.5 Å². The highest BCUT2D eigenvalue weighted by molar-refractivity contribution is 7.79. The molecule has 0 aliphatic carbocycles. The summed E-state index contributed by atoms with van der Waals surface area (Å²) in [5, 5.41) is 13.9. The van der Waals surface area contributed by atoms with E-state index in [-0.39, 0.29) is 6.61 Å². The fourth-order valence-electron chi connectivity index (χ4n) is 4.10. The first-order valence-electron chi connectivity index (χ1n) is 12.6. The number of hydrogen-bond acceptors (Lipinski definition) is 7. The second-order valence-electron chi connectivity index (χ2n) is 8.71. The lowest BCUT2D eigenvalue weighted by Gasteiger charge is -2.17. The van der Waals surface area contributed by atoms with Crippen molar-refractivity contribution in [3.8, 4) is 35.0 Å². The number of aliphatic hydroxyl groups is 1. The van der Waals surface area contributed by atoms with Crippen LogP contribution in [0.5, 0.6) is 0 Å². The lowest BCUT2D eigenvalue weighted by Crippen LogP contribution is -2.17. The van der Waals surface area contributed by atoms with E-state index in [4.69, 9.17) is 14.4 Å². The van der Waals surface area contributed by atoms with Crippen molar-refractivity contribution in [2.75, 3.05) is 36.2 Å². The highest BCUT2D eigenvalue weighted by Crippen LogP contribution is 2.33. The number of terminal acetylenes is 1. The Hall–Kier alpha value is -4.09. The van der Waals surface area contributed by atoms with E-state index in [1.54, 1.807) is 13.2 Å². The first-order valence-corrected chi connectivity index (χ1v) is 13.5. The Labute approximate surface area is 237 Å². The Morgan fingerprint density at radius 3 is 2.18 bits per heavy atom. The van der Waals surface area contributed by atoms with Gasteiger partial charge in [-0.2, -0.15) is 12.6 Å². The Bertz CT molecular complexity index is 1280. The lowest BCUT2D eigenvalue weighted by atomic mass is 10.0. The summed E-state index contributed by atoms with van der Waals surface area (Å²) < 4.78 is 10.9. The Morgan fingerprint density at radius 2 is 1.67 bits per heavy atom. The van der Waals surface area contributed by atoms with Crippen molar-refractivity contribution in [1.82, 2.24) is 5.16 Å². The number of carbonyl (C=O) groups excluding carboxylic acids is 1. The molecule has 1 amide bonds. The minimum absolute atomic E-state index is 0.155. The zero-order valence-corrected chi connectivity index (χ0v) is 23.9. The van der Waals surface area contributed by atoms with Crippen LogP contribution in [0.3, 0.4) is 0 Å². The minimum Gasteiger partial charge on any atom is -0.462 e. The van der Waals surface area contributed by atoms with Crippen LogP contribution in [-0.2, 0) is 4.74 Å². The van der Waals surface area contributed by atoms with Crippen molar-refractivity contribution in [3.63, 3.8) is 0 Å². The topological polar surface area (TPSA) is 87.8 Å². The number of anilines is 2. The van der Waals surface area contributed by atoms with Crippen LogP contribution < -0.4 is 10.2 Å². The molecule has 1 saturated heterocycles. The average molecular weight is 548 g/mol. The van der Waals surface area contributed by atoms with E-state index >= 15 is 0 Å². The zero-order valence-electron chi connectivity index (χ0n) is 23.0. The summed E-state index contributed by atoms with van der Waals surface area (Å²) in [4.78, 5) is 14.8. The first-order chi connectivity index (χ1) is 18.9. The molecular formula is C31H37N3O4S. The summed E-state index contributed by atoms with van der Waals surface area (Å²) in [5.74, 6) is 0.497. The van der Waals surface area contributed by atoms with Crippen molar-refractivity contribution < 1.29 is 19.2 Å². The number of ether oxygens (including phenoxy) is 1. The van der Waals surface area contributed by atoms with Crippen molar-refractivity contribution in [1.29, 1.82) is 0 Å². The van der Waals surface area contributed by atoms with Crippen molar-refractivity contribution in [2.45, 2.75) is 33.6 Å². The summed E-state index contributed by atoms with van der Waals surface area (Å²) in [6.07, 6.45) is 10.9. The maximum absolute atomic E-state index is 12.4. The van der Waals surface area contributed by atoms with E-state index in [0.29, 0.717) is 17.1 Å². The smallest absolute Gasteiger partial charge is 0.412 e. The Morgan fingerprint density at radius 1 is 1.15 bits per heavy atom. The molecule has 4 rings (SSSR count). The van der Waals surface area contributed by atoms with Gasteiger partial charge in [0.25, 0.3) is 0 Å². The van der Waals surface area contributed by atoms with Gasteiger partial charge in [0.1, 0.15) is 24.1 Å². The van der Waals surface area contributed by atoms with Crippen LogP contribution in [0.4, 0.5) is 16.2 Å². The highest BCUT2D eigenvalue weighted by atomic mass is 32.1. The number of benzene rings is 2. The van der Waals surface area contributed by atoms with Gasteiger partial charge in [-0.15, -0.1) is 0 Å². The number of aliphatic hydroxyl groups excluding tert-OH is 1. The van der Waals surface area contributed by atoms with Gasteiger partial charge in [-0.3, -0.25) is 5.32 Å². The summed E-state index contributed by atoms with van der Waals surface area (Å²) in [7, 11) is 0. The number of nitrogens with zero attached hydrogens (tertiary/aromatic N) is 2. The summed E-state index contributed by atoms with van der Waals surface area (Å²) in [5.41, 5.74) is 7.20. The quantitative estimate of drug-likeness (QED) is 0.161. The van der Waals surface area contributed by atoms with Crippen molar-refractivity contribution in [2.24, 2.45) is 0 Å². The van der Waals surface area contributed by atoms with Crippen LogP contribution in [0.1, 0.15) is 32.4 Å². The summed E-state index contributed by atoms with van der Waals surface area (Å²) in [6.45, 7) is 11.9. The molecule has 0 bridgehead atoms. The fraction of sp³-hybridized carbons (Fsp3) is 0.290. The van der Waals surface area contributed by atoms with Crippen LogP contribution in [0.25, 0.3) is 22.5 Å². The molecule has 2 heterocycles. The third kappa shape index (κ3) is 8.72. The number of allylic oxidation sites excluding steroid dienone is 1. The first kappa shape index (κ1) is 31.1. The molecule has 0 spiro atoms. The maximum Gasteiger partial charge on any atom is 0.412 e. The van der Waals surface area contributed by atoms with Crippen LogP contribution in [0.2, 0.25) is 0 Å². The molecule has 0 radical (unpaired) electrons. The summed E-state index contributed by atoms with van der Waals surface area (Å²) in [6, 6.07) is 16.7. The van der Waals surface area contributed by atoms with Crippen molar-refractivity contribution >= 4 is 30.1 Å². The molecule has 1 aromatic heterocycles. The van der Waals surface area contributed by atoms with Gasteiger partial charge < -0.3 is 19.3 Å². The predicted octanol–water partition coefficient (Wildman–Crippen LogP) is 7.48. The number of rotatable bonds is 7. The number of amides is 1. The van der Waals surface area contributed by atoms with Crippen molar-refractivity contribution in [3.05, 3.63) is 78.0 Å². The van der Waals surface area contributed by atoms with Gasteiger partial charge in [0.15, 0.2) is 5.76 Å². The number of hydrogen-bond donors (Lipinski definition) is 3. The number of nitrogens with one attached hydrogen (secondary N) is 1. The van der Waals surface area contributed by atoms with Crippen LogP contribution in [-0.4, -0.2) is 42.3 Å². The molecule has 3 aromatic rings. The number of aryl methyl sites for hydroxylation is 1. The molecule has 0 unspecified atom stereocenters. The lowest BCUT2D eigenvalue weighted by molar-refractivity contribution is 0.172. The summed E-state index contributed by atoms with van der Waals surface area (Å²) >= 11 is 3.53.